The average molecular weight is 207 g/mol. The molecule has 0 aromatic carbocycles. The number of rotatable bonds is 3. The van der Waals surface area contributed by atoms with Crippen LogP contribution < -0.4 is 0 Å². The first-order valence-electron chi connectivity index (χ1n) is 3.32. The van der Waals surface area contributed by atoms with Gasteiger partial charge in [-0.25, -0.2) is 8.42 Å². The van der Waals surface area contributed by atoms with Gasteiger partial charge in [0, 0.05) is 10.7 Å². The van der Waals surface area contributed by atoms with Crippen LogP contribution in [0, 0.1) is 0 Å². The Morgan fingerprint density at radius 2 is 2.00 bits per heavy atom. The lowest BCUT2D eigenvalue weighted by molar-refractivity contribution is 0.615. The maximum atomic E-state index is 10.9. The zero-order valence-corrected chi connectivity index (χ0v) is 8.61. The van der Waals surface area contributed by atoms with Crippen molar-refractivity contribution in [3.05, 3.63) is 35.3 Å². The zero-order chi connectivity index (χ0) is 9.78. The molecule has 4 heteroatoms. The van der Waals surface area contributed by atoms with Gasteiger partial charge in [-0.2, -0.15) is 0 Å². The quantitative estimate of drug-likeness (QED) is 0.526. The highest BCUT2D eigenvalue weighted by atomic mass is 35.7. The lowest BCUT2D eigenvalue weighted by Crippen LogP contribution is -1.91. The predicted molar refractivity (Wildman–Crippen MR) is 52.5 cm³/mol. The SMILES string of the molecule is C=C(C)/C=C(\C=C/C)S(=O)(=O)Cl. The number of allylic oxidation sites excluding steroid dienone is 4. The molecule has 0 spiro atoms. The summed E-state index contributed by atoms with van der Waals surface area (Å²) < 4.78 is 21.7. The van der Waals surface area contributed by atoms with Crippen molar-refractivity contribution < 1.29 is 8.42 Å². The fourth-order valence-electron chi connectivity index (χ4n) is 0.607. The van der Waals surface area contributed by atoms with Crippen molar-refractivity contribution in [2.45, 2.75) is 13.8 Å². The van der Waals surface area contributed by atoms with E-state index in [4.69, 9.17) is 10.7 Å². The van der Waals surface area contributed by atoms with E-state index in [-0.39, 0.29) is 4.91 Å². The van der Waals surface area contributed by atoms with Gasteiger partial charge in [0.15, 0.2) is 0 Å². The molecule has 0 saturated heterocycles. The van der Waals surface area contributed by atoms with Gasteiger partial charge in [0.2, 0.25) is 0 Å². The van der Waals surface area contributed by atoms with E-state index in [9.17, 15) is 8.42 Å². The monoisotopic (exact) mass is 206 g/mol. The topological polar surface area (TPSA) is 34.1 Å². The summed E-state index contributed by atoms with van der Waals surface area (Å²) in [6, 6.07) is 0. The predicted octanol–water partition coefficient (Wildman–Crippen LogP) is 2.59. The van der Waals surface area contributed by atoms with Crippen LogP contribution in [-0.2, 0) is 9.05 Å². The smallest absolute Gasteiger partial charge is 0.207 e. The number of halogens is 1. The van der Waals surface area contributed by atoms with E-state index < -0.39 is 9.05 Å². The van der Waals surface area contributed by atoms with Crippen LogP contribution >= 0.6 is 10.7 Å². The molecule has 12 heavy (non-hydrogen) atoms. The lowest BCUT2D eigenvalue weighted by atomic mass is 10.3. The highest BCUT2D eigenvalue weighted by molar-refractivity contribution is 8.17. The molecule has 0 aliphatic carbocycles. The van der Waals surface area contributed by atoms with E-state index in [1.165, 1.54) is 12.2 Å². The van der Waals surface area contributed by atoms with Gasteiger partial charge < -0.3 is 0 Å². The van der Waals surface area contributed by atoms with Gasteiger partial charge in [-0.1, -0.05) is 18.2 Å². The Hall–Kier alpha value is -0.540. The van der Waals surface area contributed by atoms with Crippen LogP contribution in [0.2, 0.25) is 0 Å². The van der Waals surface area contributed by atoms with E-state index in [0.29, 0.717) is 5.57 Å². The maximum absolute atomic E-state index is 10.9. The Morgan fingerprint density at radius 1 is 1.50 bits per heavy atom. The van der Waals surface area contributed by atoms with E-state index >= 15 is 0 Å². The van der Waals surface area contributed by atoms with Crippen molar-refractivity contribution in [2.75, 3.05) is 0 Å². The van der Waals surface area contributed by atoms with Gasteiger partial charge in [0.25, 0.3) is 9.05 Å². The van der Waals surface area contributed by atoms with Crippen LogP contribution in [0.5, 0.6) is 0 Å². The Balaban J connectivity index is 5.08. The Bertz CT molecular complexity index is 323. The molecule has 2 nitrogen and oxygen atoms in total. The first-order chi connectivity index (χ1) is 5.38. The summed E-state index contributed by atoms with van der Waals surface area (Å²) in [5, 5.41) is 0. The van der Waals surface area contributed by atoms with E-state index in [1.807, 2.05) is 0 Å². The highest BCUT2D eigenvalue weighted by Gasteiger charge is 2.09. The van der Waals surface area contributed by atoms with Crippen LogP contribution in [0.3, 0.4) is 0 Å². The van der Waals surface area contributed by atoms with Gasteiger partial charge in [0.05, 0.1) is 4.91 Å². The molecular weight excluding hydrogens is 196 g/mol. The minimum absolute atomic E-state index is 0.0687. The molecule has 0 rings (SSSR count). The van der Waals surface area contributed by atoms with Crippen molar-refractivity contribution in [3.63, 3.8) is 0 Å². The molecule has 0 N–H and O–H groups in total. The molecule has 0 bridgehead atoms. The van der Waals surface area contributed by atoms with Crippen LogP contribution in [0.15, 0.2) is 35.3 Å². The van der Waals surface area contributed by atoms with Crippen LogP contribution in [0.25, 0.3) is 0 Å². The van der Waals surface area contributed by atoms with E-state index in [1.54, 1.807) is 19.9 Å². The first-order valence-corrected chi connectivity index (χ1v) is 5.63. The van der Waals surface area contributed by atoms with Gasteiger partial charge in [-0.05, 0) is 26.0 Å². The molecule has 0 heterocycles. The average Bonchev–Trinajstić information content (AvgIpc) is 1.83. The molecule has 0 atom stereocenters. The van der Waals surface area contributed by atoms with Crippen molar-refractivity contribution in [3.8, 4) is 0 Å². The maximum Gasteiger partial charge on any atom is 0.261 e. The lowest BCUT2D eigenvalue weighted by Gasteiger charge is -1.95. The summed E-state index contributed by atoms with van der Waals surface area (Å²) in [6.07, 6.45) is 4.45. The second-order valence-electron chi connectivity index (χ2n) is 2.33. The highest BCUT2D eigenvalue weighted by Crippen LogP contribution is 2.15. The van der Waals surface area contributed by atoms with Gasteiger partial charge in [-0.15, -0.1) is 0 Å². The zero-order valence-electron chi connectivity index (χ0n) is 7.04. The van der Waals surface area contributed by atoms with Crippen molar-refractivity contribution in [2.24, 2.45) is 0 Å². The Kier molecular flexibility index (Phi) is 4.28. The van der Waals surface area contributed by atoms with Gasteiger partial charge >= 0.3 is 0 Å². The third kappa shape index (κ3) is 4.36. The minimum atomic E-state index is -3.64. The molecule has 0 aliphatic heterocycles. The molecule has 0 saturated carbocycles. The van der Waals surface area contributed by atoms with Gasteiger partial charge in [0.1, 0.15) is 0 Å². The van der Waals surface area contributed by atoms with E-state index in [0.717, 1.165) is 0 Å². The first kappa shape index (κ1) is 11.5. The number of hydrogen-bond acceptors (Lipinski definition) is 2. The third-order valence-electron chi connectivity index (χ3n) is 1.00. The molecule has 0 amide bonds. The summed E-state index contributed by atoms with van der Waals surface area (Å²) in [5.74, 6) is 0. The normalized spacial score (nSPS) is 13.8. The van der Waals surface area contributed by atoms with Crippen LogP contribution in [0.4, 0.5) is 0 Å². The molecular formula is C8H11ClO2S. The third-order valence-corrected chi connectivity index (χ3v) is 2.35. The summed E-state index contributed by atoms with van der Waals surface area (Å²) in [5.41, 5.74) is 0.646. The van der Waals surface area contributed by atoms with Gasteiger partial charge in [-0.3, -0.25) is 0 Å². The molecule has 68 valence electrons. The summed E-state index contributed by atoms with van der Waals surface area (Å²) in [6.45, 7) is 6.97. The van der Waals surface area contributed by atoms with E-state index in [2.05, 4.69) is 6.58 Å². The summed E-state index contributed by atoms with van der Waals surface area (Å²) in [4.78, 5) is 0.0687. The van der Waals surface area contributed by atoms with Crippen LogP contribution in [0.1, 0.15) is 13.8 Å². The standard InChI is InChI=1S/C8H11ClO2S/c1-4-5-8(6-7(2)3)12(9,10)11/h4-6H,2H2,1,3H3/b5-4-,8-6+. The summed E-state index contributed by atoms with van der Waals surface area (Å²) >= 11 is 0. The molecule has 0 aromatic heterocycles. The molecule has 0 fully saturated rings. The molecule has 0 unspecified atom stereocenters. The minimum Gasteiger partial charge on any atom is -0.207 e. The van der Waals surface area contributed by atoms with Crippen molar-refractivity contribution in [1.82, 2.24) is 0 Å². The fourth-order valence-corrected chi connectivity index (χ4v) is 1.54. The Labute approximate surface area is 77.7 Å². The number of hydrogen-bond donors (Lipinski definition) is 0. The summed E-state index contributed by atoms with van der Waals surface area (Å²) in [7, 11) is 1.50. The molecule has 0 aliphatic rings. The van der Waals surface area contributed by atoms with Crippen LogP contribution in [-0.4, -0.2) is 8.42 Å². The Morgan fingerprint density at radius 3 is 2.25 bits per heavy atom. The molecule has 0 radical (unpaired) electrons. The second-order valence-corrected chi connectivity index (χ2v) is 4.90. The largest absolute Gasteiger partial charge is 0.261 e. The van der Waals surface area contributed by atoms with Crippen molar-refractivity contribution in [1.29, 1.82) is 0 Å². The van der Waals surface area contributed by atoms with Crippen molar-refractivity contribution >= 4 is 19.7 Å². The fraction of sp³-hybridized carbons (Fsp3) is 0.250. The second kappa shape index (κ2) is 4.48. The molecule has 0 aromatic rings.